The Balaban J connectivity index is 2.27. The predicted molar refractivity (Wildman–Crippen MR) is 77.9 cm³/mol. The molecule has 20 heavy (non-hydrogen) atoms. The van der Waals surface area contributed by atoms with Crippen LogP contribution in [-0.4, -0.2) is 49.0 Å². The van der Waals surface area contributed by atoms with E-state index in [1.165, 1.54) is 29.7 Å². The molecular formula is C11H18ClFN4O2S. The number of thiazole rings is 1. The lowest BCUT2D eigenvalue weighted by molar-refractivity contribution is -0.134. The van der Waals surface area contributed by atoms with Crippen LogP contribution in [0.5, 0.6) is 0 Å². The van der Waals surface area contributed by atoms with Crippen LogP contribution in [0.15, 0.2) is 6.20 Å². The smallest absolute Gasteiger partial charge is 0.321 e. The topological polar surface area (TPSA) is 66.5 Å². The average molecular weight is 325 g/mol. The van der Waals surface area contributed by atoms with Crippen molar-refractivity contribution >= 4 is 34.1 Å². The molecule has 1 rings (SSSR count). The van der Waals surface area contributed by atoms with Crippen LogP contribution in [0.1, 0.15) is 13.3 Å². The molecule has 0 unspecified atom stereocenters. The van der Waals surface area contributed by atoms with Gasteiger partial charge in [-0.15, -0.1) is 0 Å². The van der Waals surface area contributed by atoms with Gasteiger partial charge in [-0.05, 0) is 13.3 Å². The molecule has 0 aliphatic heterocycles. The van der Waals surface area contributed by atoms with E-state index in [0.29, 0.717) is 22.4 Å². The monoisotopic (exact) mass is 324 g/mol. The molecule has 114 valence electrons. The fourth-order valence-electron chi connectivity index (χ4n) is 1.47. The quantitative estimate of drug-likeness (QED) is 0.721. The van der Waals surface area contributed by atoms with Gasteiger partial charge in [-0.3, -0.25) is 5.32 Å². The third kappa shape index (κ3) is 6.47. The van der Waals surface area contributed by atoms with E-state index in [9.17, 15) is 9.18 Å². The number of halogens is 2. The highest BCUT2D eigenvalue weighted by Crippen LogP contribution is 2.22. The number of carbonyl (C=O) groups excluding carboxylic acids is 1. The highest BCUT2D eigenvalue weighted by molar-refractivity contribution is 7.19. The number of urea groups is 1. The lowest BCUT2D eigenvalue weighted by Crippen LogP contribution is -2.38. The molecule has 0 aliphatic carbocycles. The van der Waals surface area contributed by atoms with Crippen LogP contribution in [0, 0.1) is 0 Å². The van der Waals surface area contributed by atoms with Gasteiger partial charge in [-0.1, -0.05) is 22.9 Å². The molecule has 2 amide bonds. The van der Waals surface area contributed by atoms with Crippen molar-refractivity contribution in [2.24, 2.45) is 0 Å². The number of rotatable bonds is 8. The summed E-state index contributed by atoms with van der Waals surface area (Å²) in [5, 5.41) is 7.30. The maximum absolute atomic E-state index is 12.2. The largest absolute Gasteiger partial charge is 0.335 e. The molecule has 1 heterocycles. The van der Waals surface area contributed by atoms with E-state index in [-0.39, 0.29) is 18.6 Å². The van der Waals surface area contributed by atoms with E-state index in [4.69, 9.17) is 16.4 Å². The predicted octanol–water partition coefficient (Wildman–Crippen LogP) is 2.53. The molecule has 2 N–H and O–H groups in total. The SMILES string of the molecule is CON(CCF)CC[C@H](C)NC(=O)Nc1ncc(Cl)s1. The summed E-state index contributed by atoms with van der Waals surface area (Å²) in [7, 11) is 1.49. The highest BCUT2D eigenvalue weighted by Gasteiger charge is 2.11. The first-order valence-electron chi connectivity index (χ1n) is 6.09. The molecule has 1 aromatic heterocycles. The second kappa shape index (κ2) is 9.06. The molecule has 0 saturated heterocycles. The lowest BCUT2D eigenvalue weighted by Gasteiger charge is -2.20. The van der Waals surface area contributed by atoms with Crippen molar-refractivity contribution in [2.45, 2.75) is 19.4 Å². The summed E-state index contributed by atoms with van der Waals surface area (Å²) in [6.07, 6.45) is 2.11. The first-order valence-corrected chi connectivity index (χ1v) is 7.28. The second-order valence-corrected chi connectivity index (χ2v) is 5.72. The molecule has 0 bridgehead atoms. The third-order valence-corrected chi connectivity index (χ3v) is 3.51. The van der Waals surface area contributed by atoms with E-state index in [1.807, 2.05) is 6.92 Å². The van der Waals surface area contributed by atoms with Crippen LogP contribution in [0.3, 0.4) is 0 Å². The summed E-state index contributed by atoms with van der Waals surface area (Å²) in [4.78, 5) is 20.6. The Morgan fingerprint density at radius 2 is 2.40 bits per heavy atom. The van der Waals surface area contributed by atoms with Crippen LogP contribution in [0.4, 0.5) is 14.3 Å². The van der Waals surface area contributed by atoms with Crippen LogP contribution in [-0.2, 0) is 4.84 Å². The number of carbonyl (C=O) groups is 1. The number of alkyl halides is 1. The van der Waals surface area contributed by atoms with Gasteiger partial charge in [-0.2, -0.15) is 5.06 Å². The zero-order chi connectivity index (χ0) is 15.0. The number of aromatic nitrogens is 1. The molecular weight excluding hydrogens is 307 g/mol. The fourth-order valence-corrected chi connectivity index (χ4v) is 2.27. The van der Waals surface area contributed by atoms with Crippen LogP contribution in [0.2, 0.25) is 4.34 Å². The number of nitrogens with one attached hydrogen (secondary N) is 2. The summed E-state index contributed by atoms with van der Waals surface area (Å²) < 4.78 is 12.7. The van der Waals surface area contributed by atoms with Gasteiger partial charge in [0.15, 0.2) is 5.13 Å². The van der Waals surface area contributed by atoms with E-state index < -0.39 is 6.67 Å². The number of nitrogens with zero attached hydrogens (tertiary/aromatic N) is 2. The zero-order valence-corrected chi connectivity index (χ0v) is 12.9. The van der Waals surface area contributed by atoms with Crippen molar-refractivity contribution in [2.75, 3.05) is 32.2 Å². The summed E-state index contributed by atoms with van der Waals surface area (Å²) in [6, 6.07) is -0.430. The maximum Gasteiger partial charge on any atom is 0.321 e. The van der Waals surface area contributed by atoms with Crippen molar-refractivity contribution in [3.63, 3.8) is 0 Å². The van der Waals surface area contributed by atoms with Gasteiger partial charge >= 0.3 is 6.03 Å². The Morgan fingerprint density at radius 3 is 2.95 bits per heavy atom. The Labute approximate surface area is 126 Å². The van der Waals surface area contributed by atoms with Gasteiger partial charge in [0, 0.05) is 12.6 Å². The van der Waals surface area contributed by atoms with Crippen LogP contribution in [0.25, 0.3) is 0 Å². The Kier molecular flexibility index (Phi) is 7.75. The standard InChI is InChI=1S/C11H18ClFN4O2S/c1-8(3-5-17(19-2)6-4-13)15-10(18)16-11-14-7-9(12)20-11/h7-8H,3-6H2,1-2H3,(H2,14,15,16,18)/t8-/m0/s1. The number of amides is 2. The van der Waals surface area contributed by atoms with Crippen molar-refractivity contribution in [3.05, 3.63) is 10.5 Å². The Hall–Kier alpha value is -0.960. The van der Waals surface area contributed by atoms with E-state index in [0.717, 1.165) is 0 Å². The maximum atomic E-state index is 12.2. The number of anilines is 1. The molecule has 0 radical (unpaired) electrons. The normalized spacial score (nSPS) is 12.4. The molecule has 1 aromatic rings. The summed E-state index contributed by atoms with van der Waals surface area (Å²) in [5.74, 6) is 0. The Morgan fingerprint density at radius 1 is 1.65 bits per heavy atom. The molecule has 0 saturated carbocycles. The van der Waals surface area contributed by atoms with Crippen LogP contribution < -0.4 is 10.6 Å². The first-order chi connectivity index (χ1) is 9.55. The first kappa shape index (κ1) is 17.1. The average Bonchev–Trinajstić information content (AvgIpc) is 2.79. The molecule has 1 atom stereocenters. The van der Waals surface area contributed by atoms with Gasteiger partial charge in [0.05, 0.1) is 19.9 Å². The van der Waals surface area contributed by atoms with Crippen molar-refractivity contribution in [1.82, 2.24) is 15.4 Å². The Bertz CT molecular complexity index is 421. The summed E-state index contributed by atoms with van der Waals surface area (Å²) >= 11 is 6.90. The molecule has 6 nitrogen and oxygen atoms in total. The van der Waals surface area contributed by atoms with E-state index in [1.54, 1.807) is 0 Å². The van der Waals surface area contributed by atoms with Gasteiger partial charge in [0.2, 0.25) is 0 Å². The molecule has 9 heteroatoms. The highest BCUT2D eigenvalue weighted by atomic mass is 35.5. The lowest BCUT2D eigenvalue weighted by atomic mass is 10.2. The van der Waals surface area contributed by atoms with Crippen molar-refractivity contribution in [1.29, 1.82) is 0 Å². The van der Waals surface area contributed by atoms with Crippen molar-refractivity contribution in [3.8, 4) is 0 Å². The minimum absolute atomic E-state index is 0.0808. The molecule has 0 fully saturated rings. The van der Waals surface area contributed by atoms with Gasteiger partial charge < -0.3 is 10.2 Å². The number of hydrogen-bond donors (Lipinski definition) is 2. The van der Waals surface area contributed by atoms with Gasteiger partial charge in [0.1, 0.15) is 11.0 Å². The number of hydrogen-bond acceptors (Lipinski definition) is 5. The van der Waals surface area contributed by atoms with E-state index >= 15 is 0 Å². The fraction of sp³-hybridized carbons (Fsp3) is 0.636. The molecule has 0 aliphatic rings. The molecule has 0 aromatic carbocycles. The summed E-state index contributed by atoms with van der Waals surface area (Å²) in [6.45, 7) is 2.14. The summed E-state index contributed by atoms with van der Waals surface area (Å²) in [5.41, 5.74) is 0. The van der Waals surface area contributed by atoms with Gasteiger partial charge in [0.25, 0.3) is 0 Å². The molecule has 0 spiro atoms. The minimum Gasteiger partial charge on any atom is -0.335 e. The number of hydroxylamine groups is 2. The van der Waals surface area contributed by atoms with Gasteiger partial charge in [-0.25, -0.2) is 14.2 Å². The van der Waals surface area contributed by atoms with E-state index in [2.05, 4.69) is 15.6 Å². The zero-order valence-electron chi connectivity index (χ0n) is 11.4. The second-order valence-electron chi connectivity index (χ2n) is 4.06. The third-order valence-electron chi connectivity index (χ3n) is 2.48. The van der Waals surface area contributed by atoms with Crippen LogP contribution >= 0.6 is 22.9 Å². The minimum atomic E-state index is -0.471. The van der Waals surface area contributed by atoms with Crippen molar-refractivity contribution < 1.29 is 14.0 Å².